The smallest absolute Gasteiger partial charge is 0.221 e. The fourth-order valence-corrected chi connectivity index (χ4v) is 4.30. The summed E-state index contributed by atoms with van der Waals surface area (Å²) in [4.78, 5) is 13.5. The Morgan fingerprint density at radius 3 is 2.78 bits per heavy atom. The van der Waals surface area contributed by atoms with Crippen LogP contribution in [0.3, 0.4) is 0 Å². The SMILES string of the molecule is COc1ccc(SCCC(=O)NC2CCCc3cc(N)ccc32)cc1OC. The predicted octanol–water partition coefficient (Wildman–Crippen LogP) is 3.96. The number of amides is 1. The van der Waals surface area contributed by atoms with Crippen molar-refractivity contribution in [2.75, 3.05) is 25.7 Å². The molecule has 1 aliphatic rings. The average Bonchev–Trinajstić information content (AvgIpc) is 2.67. The van der Waals surface area contributed by atoms with Gasteiger partial charge in [0.25, 0.3) is 0 Å². The van der Waals surface area contributed by atoms with Crippen molar-refractivity contribution in [3.8, 4) is 11.5 Å². The fraction of sp³-hybridized carbons (Fsp3) is 0.381. The highest BCUT2D eigenvalue weighted by Gasteiger charge is 2.21. The van der Waals surface area contributed by atoms with Crippen LogP contribution < -0.4 is 20.5 Å². The maximum atomic E-state index is 12.4. The molecule has 0 aromatic heterocycles. The number of fused-ring (bicyclic) bond motifs is 1. The van der Waals surface area contributed by atoms with Gasteiger partial charge in [0.15, 0.2) is 11.5 Å². The van der Waals surface area contributed by atoms with Gasteiger partial charge in [0.05, 0.1) is 20.3 Å². The predicted molar refractivity (Wildman–Crippen MR) is 110 cm³/mol. The Bertz CT molecular complexity index is 810. The highest BCUT2D eigenvalue weighted by Crippen LogP contribution is 2.33. The zero-order valence-corrected chi connectivity index (χ0v) is 16.6. The van der Waals surface area contributed by atoms with Crippen LogP contribution in [0.25, 0.3) is 0 Å². The van der Waals surface area contributed by atoms with E-state index in [1.165, 1.54) is 11.1 Å². The van der Waals surface area contributed by atoms with Crippen molar-refractivity contribution >= 4 is 23.4 Å². The molecule has 3 rings (SSSR count). The number of thioether (sulfide) groups is 1. The molecule has 0 saturated heterocycles. The number of carbonyl (C=O) groups is 1. The summed E-state index contributed by atoms with van der Waals surface area (Å²) in [5.74, 6) is 2.20. The lowest BCUT2D eigenvalue weighted by Gasteiger charge is -2.26. The van der Waals surface area contributed by atoms with Crippen molar-refractivity contribution < 1.29 is 14.3 Å². The summed E-state index contributed by atoms with van der Waals surface area (Å²) in [7, 11) is 3.24. The number of anilines is 1. The normalized spacial score (nSPS) is 15.7. The Morgan fingerprint density at radius 1 is 1.19 bits per heavy atom. The first kappa shape index (κ1) is 19.4. The molecule has 0 fully saturated rings. The number of nitrogens with one attached hydrogen (secondary N) is 1. The molecule has 0 saturated carbocycles. The number of rotatable bonds is 7. The third-order valence-corrected chi connectivity index (χ3v) is 5.76. The summed E-state index contributed by atoms with van der Waals surface area (Å²) >= 11 is 1.63. The maximum Gasteiger partial charge on any atom is 0.221 e. The van der Waals surface area contributed by atoms with Gasteiger partial charge in [-0.15, -0.1) is 11.8 Å². The lowest BCUT2D eigenvalue weighted by molar-refractivity contribution is -0.121. The number of ether oxygens (including phenoxy) is 2. The van der Waals surface area contributed by atoms with Crippen molar-refractivity contribution in [3.63, 3.8) is 0 Å². The Kier molecular flexibility index (Phi) is 6.50. The van der Waals surface area contributed by atoms with Crippen LogP contribution in [0.1, 0.15) is 36.4 Å². The van der Waals surface area contributed by atoms with E-state index in [9.17, 15) is 4.79 Å². The second-order valence-electron chi connectivity index (χ2n) is 6.59. The third kappa shape index (κ3) is 4.89. The second kappa shape index (κ2) is 9.04. The van der Waals surface area contributed by atoms with E-state index in [-0.39, 0.29) is 11.9 Å². The van der Waals surface area contributed by atoms with Gasteiger partial charge in [0.2, 0.25) is 5.91 Å². The molecule has 2 aromatic rings. The molecule has 1 amide bonds. The van der Waals surface area contributed by atoms with Gasteiger partial charge >= 0.3 is 0 Å². The molecule has 0 spiro atoms. The summed E-state index contributed by atoms with van der Waals surface area (Å²) in [6, 6.07) is 11.9. The average molecular weight is 387 g/mol. The first-order valence-corrected chi connectivity index (χ1v) is 10.1. The largest absolute Gasteiger partial charge is 0.493 e. The number of hydrogen-bond acceptors (Lipinski definition) is 5. The summed E-state index contributed by atoms with van der Waals surface area (Å²) < 4.78 is 10.6. The molecule has 144 valence electrons. The lowest BCUT2D eigenvalue weighted by atomic mass is 9.87. The number of nitrogens with two attached hydrogens (primary N) is 1. The lowest BCUT2D eigenvalue weighted by Crippen LogP contribution is -2.31. The Hall–Kier alpha value is -2.34. The van der Waals surface area contributed by atoms with Gasteiger partial charge in [0, 0.05) is 22.8 Å². The fourth-order valence-electron chi connectivity index (χ4n) is 3.42. The number of benzene rings is 2. The molecular weight excluding hydrogens is 360 g/mol. The van der Waals surface area contributed by atoms with Crippen LogP contribution in [-0.2, 0) is 11.2 Å². The number of nitrogen functional groups attached to an aromatic ring is 1. The first-order valence-electron chi connectivity index (χ1n) is 9.13. The molecule has 0 heterocycles. The molecule has 0 bridgehead atoms. The Balaban J connectivity index is 1.52. The molecule has 2 aromatic carbocycles. The van der Waals surface area contributed by atoms with E-state index in [1.54, 1.807) is 26.0 Å². The van der Waals surface area contributed by atoms with Crippen LogP contribution >= 0.6 is 11.8 Å². The van der Waals surface area contributed by atoms with E-state index in [2.05, 4.69) is 5.32 Å². The number of hydrogen-bond donors (Lipinski definition) is 2. The van der Waals surface area contributed by atoms with Crippen LogP contribution in [0.4, 0.5) is 5.69 Å². The molecule has 1 aliphatic carbocycles. The Labute approximate surface area is 164 Å². The molecule has 1 atom stereocenters. The Morgan fingerprint density at radius 2 is 2.00 bits per heavy atom. The minimum absolute atomic E-state index is 0.0812. The molecule has 5 nitrogen and oxygen atoms in total. The van der Waals surface area contributed by atoms with Gasteiger partial charge < -0.3 is 20.5 Å². The standard InChI is InChI=1S/C21H26N2O3S/c1-25-19-9-7-16(13-20(19)26-2)27-11-10-21(24)23-18-5-3-4-14-12-15(22)6-8-17(14)18/h6-9,12-13,18H,3-5,10-11,22H2,1-2H3,(H,23,24). The van der Waals surface area contributed by atoms with E-state index in [4.69, 9.17) is 15.2 Å². The zero-order valence-electron chi connectivity index (χ0n) is 15.8. The van der Waals surface area contributed by atoms with Crippen molar-refractivity contribution in [3.05, 3.63) is 47.5 Å². The van der Waals surface area contributed by atoms with Gasteiger partial charge in [-0.05, 0) is 60.7 Å². The van der Waals surface area contributed by atoms with Gasteiger partial charge in [0.1, 0.15) is 0 Å². The van der Waals surface area contributed by atoms with Crippen molar-refractivity contribution in [1.82, 2.24) is 5.32 Å². The minimum Gasteiger partial charge on any atom is -0.493 e. The highest BCUT2D eigenvalue weighted by molar-refractivity contribution is 7.99. The summed E-state index contributed by atoms with van der Waals surface area (Å²) in [6.45, 7) is 0. The van der Waals surface area contributed by atoms with Crippen LogP contribution in [0.2, 0.25) is 0 Å². The minimum atomic E-state index is 0.0812. The summed E-state index contributed by atoms with van der Waals surface area (Å²) in [5, 5.41) is 3.18. The van der Waals surface area contributed by atoms with Crippen molar-refractivity contribution in [2.24, 2.45) is 0 Å². The van der Waals surface area contributed by atoms with E-state index >= 15 is 0 Å². The van der Waals surface area contributed by atoms with Crippen LogP contribution in [0.15, 0.2) is 41.3 Å². The van der Waals surface area contributed by atoms with Crippen molar-refractivity contribution in [1.29, 1.82) is 0 Å². The molecule has 0 radical (unpaired) electrons. The quantitative estimate of drug-likeness (QED) is 0.556. The monoisotopic (exact) mass is 386 g/mol. The molecule has 3 N–H and O–H groups in total. The van der Waals surface area contributed by atoms with E-state index in [1.807, 2.05) is 36.4 Å². The van der Waals surface area contributed by atoms with Gasteiger partial charge in [-0.2, -0.15) is 0 Å². The molecule has 0 aliphatic heterocycles. The van der Waals surface area contributed by atoms with Gasteiger partial charge in [-0.1, -0.05) is 6.07 Å². The van der Waals surface area contributed by atoms with E-state index in [0.29, 0.717) is 23.7 Å². The van der Waals surface area contributed by atoms with E-state index < -0.39 is 0 Å². The molecular formula is C21H26N2O3S. The third-order valence-electron chi connectivity index (χ3n) is 4.77. The first-order chi connectivity index (χ1) is 13.1. The van der Waals surface area contributed by atoms with Gasteiger partial charge in [-0.25, -0.2) is 0 Å². The molecule has 27 heavy (non-hydrogen) atoms. The van der Waals surface area contributed by atoms with Crippen LogP contribution in [-0.4, -0.2) is 25.9 Å². The van der Waals surface area contributed by atoms with Gasteiger partial charge in [-0.3, -0.25) is 4.79 Å². The molecule has 1 unspecified atom stereocenters. The number of carbonyl (C=O) groups excluding carboxylic acids is 1. The van der Waals surface area contributed by atoms with Crippen molar-refractivity contribution in [2.45, 2.75) is 36.6 Å². The summed E-state index contributed by atoms with van der Waals surface area (Å²) in [5.41, 5.74) is 9.13. The topological polar surface area (TPSA) is 73.6 Å². The number of aryl methyl sites for hydroxylation is 1. The molecule has 6 heteroatoms. The second-order valence-corrected chi connectivity index (χ2v) is 7.75. The number of methoxy groups -OCH3 is 2. The highest BCUT2D eigenvalue weighted by atomic mass is 32.2. The van der Waals surface area contributed by atoms with Crippen LogP contribution in [0, 0.1) is 0 Å². The van der Waals surface area contributed by atoms with Crippen LogP contribution in [0.5, 0.6) is 11.5 Å². The maximum absolute atomic E-state index is 12.4. The summed E-state index contributed by atoms with van der Waals surface area (Å²) in [6.07, 6.45) is 3.55. The van der Waals surface area contributed by atoms with E-state index in [0.717, 1.165) is 29.8 Å². The zero-order chi connectivity index (χ0) is 19.2.